The van der Waals surface area contributed by atoms with Crippen LogP contribution in [0.15, 0.2) is 67.0 Å². The molecule has 0 atom stereocenters. The summed E-state index contributed by atoms with van der Waals surface area (Å²) in [5.74, 6) is 0.597. The van der Waals surface area contributed by atoms with E-state index in [2.05, 4.69) is 15.3 Å². The van der Waals surface area contributed by atoms with Crippen LogP contribution in [-0.2, 0) is 13.0 Å². The number of nitrogens with zero attached hydrogens (tertiary/aromatic N) is 2. The van der Waals surface area contributed by atoms with Crippen LogP contribution in [0.4, 0.5) is 0 Å². The lowest BCUT2D eigenvalue weighted by Gasteiger charge is -2.07. The molecule has 3 N–H and O–H groups in total. The molecule has 2 heterocycles. The predicted octanol–water partition coefficient (Wildman–Crippen LogP) is 2.70. The summed E-state index contributed by atoms with van der Waals surface area (Å²) in [4.78, 5) is 19.4. The lowest BCUT2D eigenvalue weighted by Crippen LogP contribution is -2.17. The smallest absolute Gasteiger partial charge is 0.250 e. The number of carbonyl (C=O) groups excluding carboxylic acids is 1. The van der Waals surface area contributed by atoms with Crippen LogP contribution in [0, 0.1) is 0 Å². The van der Waals surface area contributed by atoms with Gasteiger partial charge in [0.1, 0.15) is 5.75 Å². The fourth-order valence-corrected chi connectivity index (χ4v) is 2.38. The summed E-state index contributed by atoms with van der Waals surface area (Å²) in [7, 11) is 0. The van der Waals surface area contributed by atoms with Crippen molar-refractivity contribution in [3.8, 4) is 11.6 Å². The number of pyridine rings is 2. The lowest BCUT2D eigenvalue weighted by atomic mass is 10.1. The molecule has 3 aromatic rings. The molecule has 0 unspecified atom stereocenters. The molecule has 3 rings (SSSR count). The standard InChI is InChI=1S/C20H20N4O2/c21-20(25)16-6-9-19(24-13-16)26-18-7-4-15(5-8-18)10-12-22-14-17-3-1-2-11-23-17/h1-9,11,13,22H,10,12,14H2,(H2,21,25). The van der Waals surface area contributed by atoms with Gasteiger partial charge in [0, 0.05) is 25.0 Å². The highest BCUT2D eigenvalue weighted by Crippen LogP contribution is 2.20. The first kappa shape index (κ1) is 17.6. The summed E-state index contributed by atoms with van der Waals surface area (Å²) < 4.78 is 5.66. The van der Waals surface area contributed by atoms with Gasteiger partial charge in [-0.3, -0.25) is 9.78 Å². The van der Waals surface area contributed by atoms with Crippen LogP contribution >= 0.6 is 0 Å². The summed E-state index contributed by atoms with van der Waals surface area (Å²) in [6.45, 7) is 1.63. The molecule has 26 heavy (non-hydrogen) atoms. The first-order valence-corrected chi connectivity index (χ1v) is 8.34. The van der Waals surface area contributed by atoms with Crippen LogP contribution in [0.1, 0.15) is 21.6 Å². The Morgan fingerprint density at radius 2 is 1.88 bits per heavy atom. The summed E-state index contributed by atoms with van der Waals surface area (Å²) in [5, 5.41) is 3.38. The molecule has 1 aromatic carbocycles. The van der Waals surface area contributed by atoms with Gasteiger partial charge >= 0.3 is 0 Å². The summed E-state index contributed by atoms with van der Waals surface area (Å²) in [6, 6.07) is 17.0. The Bertz CT molecular complexity index is 834. The summed E-state index contributed by atoms with van der Waals surface area (Å²) >= 11 is 0. The second-order valence-corrected chi connectivity index (χ2v) is 5.74. The monoisotopic (exact) mass is 348 g/mol. The van der Waals surface area contributed by atoms with E-state index in [4.69, 9.17) is 10.5 Å². The van der Waals surface area contributed by atoms with Crippen molar-refractivity contribution in [1.82, 2.24) is 15.3 Å². The molecule has 0 bridgehead atoms. The van der Waals surface area contributed by atoms with Gasteiger partial charge in [-0.05, 0) is 48.9 Å². The number of aromatic nitrogens is 2. The Labute approximate surface area is 152 Å². The van der Waals surface area contributed by atoms with Gasteiger partial charge in [-0.1, -0.05) is 18.2 Å². The zero-order valence-corrected chi connectivity index (χ0v) is 14.3. The number of nitrogens with two attached hydrogens (primary N) is 1. The van der Waals surface area contributed by atoms with Gasteiger partial charge in [0.25, 0.3) is 0 Å². The minimum absolute atomic E-state index is 0.353. The third kappa shape index (κ3) is 5.12. The van der Waals surface area contributed by atoms with E-state index >= 15 is 0 Å². The molecular weight excluding hydrogens is 328 g/mol. The molecule has 0 aliphatic carbocycles. The van der Waals surface area contributed by atoms with Gasteiger partial charge in [-0.25, -0.2) is 4.98 Å². The minimum Gasteiger partial charge on any atom is -0.439 e. The van der Waals surface area contributed by atoms with E-state index in [-0.39, 0.29) is 0 Å². The second kappa shape index (κ2) is 8.73. The van der Waals surface area contributed by atoms with Crippen LogP contribution in [0.5, 0.6) is 11.6 Å². The molecule has 0 aliphatic rings. The molecule has 0 saturated heterocycles. The maximum Gasteiger partial charge on any atom is 0.250 e. The third-order valence-corrected chi connectivity index (χ3v) is 3.79. The number of ether oxygens (including phenoxy) is 1. The Kier molecular flexibility index (Phi) is 5.90. The first-order chi connectivity index (χ1) is 12.7. The second-order valence-electron chi connectivity index (χ2n) is 5.74. The maximum atomic E-state index is 11.0. The topological polar surface area (TPSA) is 90.1 Å². The van der Waals surface area contributed by atoms with Crippen molar-refractivity contribution in [2.24, 2.45) is 5.73 Å². The van der Waals surface area contributed by atoms with E-state index in [0.717, 1.165) is 25.2 Å². The van der Waals surface area contributed by atoms with Gasteiger partial charge < -0.3 is 15.8 Å². The molecule has 1 amide bonds. The van der Waals surface area contributed by atoms with Crippen molar-refractivity contribution in [3.63, 3.8) is 0 Å². The van der Waals surface area contributed by atoms with Crippen molar-refractivity contribution in [1.29, 1.82) is 0 Å². The van der Waals surface area contributed by atoms with E-state index in [1.165, 1.54) is 11.8 Å². The highest BCUT2D eigenvalue weighted by atomic mass is 16.5. The van der Waals surface area contributed by atoms with Crippen molar-refractivity contribution >= 4 is 5.91 Å². The molecule has 0 saturated carbocycles. The van der Waals surface area contributed by atoms with Crippen LogP contribution in [-0.4, -0.2) is 22.4 Å². The van der Waals surface area contributed by atoms with Crippen LogP contribution in [0.3, 0.4) is 0 Å². The van der Waals surface area contributed by atoms with Crippen LogP contribution in [0.25, 0.3) is 0 Å². The zero-order valence-electron chi connectivity index (χ0n) is 14.3. The quantitative estimate of drug-likeness (QED) is 0.611. The molecular formula is C20H20N4O2. The van der Waals surface area contributed by atoms with Gasteiger partial charge in [0.15, 0.2) is 0 Å². The SMILES string of the molecule is NC(=O)c1ccc(Oc2ccc(CCNCc3ccccn3)cc2)nc1. The van der Waals surface area contributed by atoms with E-state index in [0.29, 0.717) is 17.2 Å². The molecule has 0 fully saturated rings. The average molecular weight is 348 g/mol. The fraction of sp³-hybridized carbons (Fsp3) is 0.150. The first-order valence-electron chi connectivity index (χ1n) is 8.34. The van der Waals surface area contributed by atoms with E-state index in [9.17, 15) is 4.79 Å². The van der Waals surface area contributed by atoms with Crippen molar-refractivity contribution in [2.45, 2.75) is 13.0 Å². The van der Waals surface area contributed by atoms with Crippen LogP contribution < -0.4 is 15.8 Å². The summed E-state index contributed by atoms with van der Waals surface area (Å²) in [6.07, 6.45) is 4.12. The van der Waals surface area contributed by atoms with Crippen molar-refractivity contribution in [3.05, 3.63) is 83.8 Å². The number of hydrogen-bond acceptors (Lipinski definition) is 5. The molecule has 132 valence electrons. The Hall–Kier alpha value is -3.25. The van der Waals surface area contributed by atoms with E-state index in [1.807, 2.05) is 42.5 Å². The molecule has 6 heteroatoms. The lowest BCUT2D eigenvalue weighted by molar-refractivity contribution is 0.1000. The Morgan fingerprint density at radius 3 is 2.54 bits per heavy atom. The molecule has 6 nitrogen and oxygen atoms in total. The Balaban J connectivity index is 1.46. The van der Waals surface area contributed by atoms with Gasteiger partial charge in [0.05, 0.1) is 11.3 Å². The average Bonchev–Trinajstić information content (AvgIpc) is 2.68. The number of primary amides is 1. The number of rotatable bonds is 8. The number of nitrogens with one attached hydrogen (secondary N) is 1. The Morgan fingerprint density at radius 1 is 1.04 bits per heavy atom. The highest BCUT2D eigenvalue weighted by Gasteiger charge is 2.03. The number of amides is 1. The minimum atomic E-state index is -0.509. The largest absolute Gasteiger partial charge is 0.439 e. The van der Waals surface area contributed by atoms with Gasteiger partial charge in [-0.2, -0.15) is 0 Å². The highest BCUT2D eigenvalue weighted by molar-refractivity contribution is 5.92. The predicted molar refractivity (Wildman–Crippen MR) is 98.9 cm³/mol. The summed E-state index contributed by atoms with van der Waals surface area (Å²) in [5.41, 5.74) is 7.78. The molecule has 0 aliphatic heterocycles. The number of benzene rings is 1. The fourth-order valence-electron chi connectivity index (χ4n) is 2.38. The molecule has 0 spiro atoms. The molecule has 0 radical (unpaired) electrons. The zero-order chi connectivity index (χ0) is 18.2. The van der Waals surface area contributed by atoms with Crippen molar-refractivity contribution < 1.29 is 9.53 Å². The third-order valence-electron chi connectivity index (χ3n) is 3.79. The number of carbonyl (C=O) groups is 1. The van der Waals surface area contributed by atoms with Gasteiger partial charge in [-0.15, -0.1) is 0 Å². The number of hydrogen-bond donors (Lipinski definition) is 2. The molecule has 2 aromatic heterocycles. The maximum absolute atomic E-state index is 11.0. The van der Waals surface area contributed by atoms with E-state index in [1.54, 1.807) is 18.3 Å². The van der Waals surface area contributed by atoms with Crippen molar-refractivity contribution in [2.75, 3.05) is 6.54 Å². The van der Waals surface area contributed by atoms with Crippen LogP contribution in [0.2, 0.25) is 0 Å². The van der Waals surface area contributed by atoms with E-state index < -0.39 is 5.91 Å². The normalized spacial score (nSPS) is 10.5. The van der Waals surface area contributed by atoms with Gasteiger partial charge in [0.2, 0.25) is 11.8 Å².